The summed E-state index contributed by atoms with van der Waals surface area (Å²) < 4.78 is 0. The highest BCUT2D eigenvalue weighted by Crippen LogP contribution is 2.38. The van der Waals surface area contributed by atoms with Gasteiger partial charge in [-0.15, -0.1) is 11.8 Å². The maximum absolute atomic E-state index is 11.1. The zero-order valence-corrected chi connectivity index (χ0v) is 11.5. The van der Waals surface area contributed by atoms with Gasteiger partial charge < -0.3 is 5.11 Å². The van der Waals surface area contributed by atoms with Crippen LogP contribution in [0.4, 0.5) is 5.69 Å². The standard InChI is InChI=1S/C13H12N2O4S/c1-2-11(13(16)17)20-12-8-5-3-4-6-9(8)14-7-10(12)15(18)19/h3-7,11H,2H2,1H3,(H,16,17). The van der Waals surface area contributed by atoms with Crippen molar-refractivity contribution in [2.24, 2.45) is 0 Å². The normalized spacial score (nSPS) is 12.2. The van der Waals surface area contributed by atoms with Crippen LogP contribution in [0.25, 0.3) is 10.9 Å². The van der Waals surface area contributed by atoms with E-state index in [-0.39, 0.29) is 5.69 Å². The lowest BCUT2D eigenvalue weighted by Gasteiger charge is -2.11. The van der Waals surface area contributed by atoms with Gasteiger partial charge >= 0.3 is 11.7 Å². The molecule has 0 aliphatic heterocycles. The molecule has 1 aromatic carbocycles. The van der Waals surface area contributed by atoms with Gasteiger partial charge in [0.15, 0.2) is 0 Å². The number of hydrogen-bond acceptors (Lipinski definition) is 5. The molecule has 2 rings (SSSR count). The largest absolute Gasteiger partial charge is 0.480 e. The van der Waals surface area contributed by atoms with Crippen LogP contribution in [0.5, 0.6) is 0 Å². The zero-order chi connectivity index (χ0) is 14.7. The SMILES string of the molecule is CCC(Sc1c([N+](=O)[O-])cnc2ccccc12)C(=O)O. The number of carboxylic acid groups (broad SMARTS) is 1. The molecule has 0 amide bonds. The van der Waals surface area contributed by atoms with Gasteiger partial charge in [-0.3, -0.25) is 14.9 Å². The van der Waals surface area contributed by atoms with Gasteiger partial charge in [-0.25, -0.2) is 4.98 Å². The van der Waals surface area contributed by atoms with E-state index in [0.29, 0.717) is 22.2 Å². The molecule has 1 heterocycles. The number of fused-ring (bicyclic) bond motifs is 1. The molecule has 0 aliphatic rings. The van der Waals surface area contributed by atoms with Crippen molar-refractivity contribution >= 4 is 34.3 Å². The molecule has 0 radical (unpaired) electrons. The summed E-state index contributed by atoms with van der Waals surface area (Å²) in [6.07, 6.45) is 1.56. The Bertz CT molecular complexity index is 674. The molecule has 0 saturated heterocycles. The first-order valence-corrected chi connectivity index (χ1v) is 6.84. The number of hydrogen-bond donors (Lipinski definition) is 1. The molecule has 2 aromatic rings. The second-order valence-corrected chi connectivity index (χ2v) is 5.31. The highest BCUT2D eigenvalue weighted by Gasteiger charge is 2.25. The van der Waals surface area contributed by atoms with E-state index in [0.717, 1.165) is 11.8 Å². The Kier molecular flexibility index (Phi) is 4.19. The van der Waals surface area contributed by atoms with E-state index in [1.54, 1.807) is 31.2 Å². The number of aromatic nitrogens is 1. The summed E-state index contributed by atoms with van der Waals surface area (Å²) in [6.45, 7) is 1.74. The summed E-state index contributed by atoms with van der Waals surface area (Å²) in [4.78, 5) is 26.1. The Hall–Kier alpha value is -2.15. The van der Waals surface area contributed by atoms with Crippen LogP contribution in [0.2, 0.25) is 0 Å². The summed E-state index contributed by atoms with van der Waals surface area (Å²) in [6, 6.07) is 6.99. The van der Waals surface area contributed by atoms with E-state index >= 15 is 0 Å². The van der Waals surface area contributed by atoms with Crippen LogP contribution in [-0.4, -0.2) is 26.2 Å². The van der Waals surface area contributed by atoms with Gasteiger partial charge in [0.05, 0.1) is 15.3 Å². The molecule has 0 spiro atoms. The van der Waals surface area contributed by atoms with E-state index < -0.39 is 16.1 Å². The molecule has 0 aliphatic carbocycles. The second kappa shape index (κ2) is 5.87. The monoisotopic (exact) mass is 292 g/mol. The van der Waals surface area contributed by atoms with Crippen LogP contribution in [0.15, 0.2) is 35.4 Å². The Labute approximate surface area is 119 Å². The van der Waals surface area contributed by atoms with Crippen LogP contribution in [0.1, 0.15) is 13.3 Å². The van der Waals surface area contributed by atoms with Crippen molar-refractivity contribution in [3.8, 4) is 0 Å². The van der Waals surface area contributed by atoms with Gasteiger partial charge in [-0.05, 0) is 12.5 Å². The third-order valence-electron chi connectivity index (χ3n) is 2.81. The lowest BCUT2D eigenvalue weighted by atomic mass is 10.2. The molecule has 1 atom stereocenters. The fraction of sp³-hybridized carbons (Fsp3) is 0.231. The Morgan fingerprint density at radius 2 is 2.20 bits per heavy atom. The number of pyridine rings is 1. The molecule has 7 heteroatoms. The average molecular weight is 292 g/mol. The summed E-state index contributed by atoms with van der Waals surface area (Å²) in [5.41, 5.74) is 0.453. The quantitative estimate of drug-likeness (QED) is 0.517. The van der Waals surface area contributed by atoms with Crippen molar-refractivity contribution in [1.29, 1.82) is 0 Å². The van der Waals surface area contributed by atoms with E-state index in [1.807, 2.05) is 0 Å². The maximum Gasteiger partial charge on any atom is 0.316 e. The summed E-state index contributed by atoms with van der Waals surface area (Å²) in [7, 11) is 0. The lowest BCUT2D eigenvalue weighted by molar-refractivity contribution is -0.387. The number of nitro groups is 1. The van der Waals surface area contributed by atoms with Gasteiger partial charge in [-0.2, -0.15) is 0 Å². The third-order valence-corrected chi connectivity index (χ3v) is 4.29. The Morgan fingerprint density at radius 1 is 1.50 bits per heavy atom. The number of aliphatic carboxylic acids is 1. The third kappa shape index (κ3) is 2.72. The van der Waals surface area contributed by atoms with Crippen LogP contribution < -0.4 is 0 Å². The van der Waals surface area contributed by atoms with Crippen molar-refractivity contribution in [1.82, 2.24) is 4.98 Å². The Morgan fingerprint density at radius 3 is 2.80 bits per heavy atom. The predicted octanol–water partition coefficient (Wildman–Crippen LogP) is 3.10. The minimum absolute atomic E-state index is 0.159. The van der Waals surface area contributed by atoms with Crippen molar-refractivity contribution in [3.05, 3.63) is 40.6 Å². The van der Waals surface area contributed by atoms with Gasteiger partial charge in [0.1, 0.15) is 11.4 Å². The van der Waals surface area contributed by atoms with Crippen LogP contribution in [0.3, 0.4) is 0 Å². The molecular weight excluding hydrogens is 280 g/mol. The first kappa shape index (κ1) is 14.3. The van der Waals surface area contributed by atoms with E-state index in [4.69, 9.17) is 5.11 Å². The van der Waals surface area contributed by atoms with Gasteiger partial charge in [0, 0.05) is 5.39 Å². The van der Waals surface area contributed by atoms with Crippen molar-refractivity contribution in [2.75, 3.05) is 0 Å². The zero-order valence-electron chi connectivity index (χ0n) is 10.6. The molecule has 6 nitrogen and oxygen atoms in total. The average Bonchev–Trinajstić information content (AvgIpc) is 2.43. The first-order chi connectivity index (χ1) is 9.54. The summed E-state index contributed by atoms with van der Waals surface area (Å²) in [5, 5.41) is 20.1. The fourth-order valence-corrected chi connectivity index (χ4v) is 2.91. The van der Waals surface area contributed by atoms with E-state index in [9.17, 15) is 14.9 Å². The summed E-state index contributed by atoms with van der Waals surface area (Å²) >= 11 is 1.00. The second-order valence-electron chi connectivity index (χ2n) is 4.10. The number of para-hydroxylation sites is 1. The minimum Gasteiger partial charge on any atom is -0.480 e. The highest BCUT2D eigenvalue weighted by atomic mass is 32.2. The number of nitrogens with zero attached hydrogens (tertiary/aromatic N) is 2. The highest BCUT2D eigenvalue weighted by molar-refractivity contribution is 8.01. The summed E-state index contributed by atoms with van der Waals surface area (Å²) in [5.74, 6) is -0.979. The number of thioether (sulfide) groups is 1. The number of carboxylic acids is 1. The van der Waals surface area contributed by atoms with Crippen molar-refractivity contribution in [2.45, 2.75) is 23.5 Å². The van der Waals surface area contributed by atoms with Crippen LogP contribution >= 0.6 is 11.8 Å². The van der Waals surface area contributed by atoms with Crippen LogP contribution in [-0.2, 0) is 4.79 Å². The number of carbonyl (C=O) groups is 1. The molecular formula is C13H12N2O4S. The molecule has 1 unspecified atom stereocenters. The maximum atomic E-state index is 11.1. The van der Waals surface area contributed by atoms with Gasteiger partial charge in [-0.1, -0.05) is 25.1 Å². The molecule has 20 heavy (non-hydrogen) atoms. The van der Waals surface area contributed by atoms with Gasteiger partial charge in [0.25, 0.3) is 0 Å². The van der Waals surface area contributed by atoms with E-state index in [1.165, 1.54) is 6.20 Å². The molecule has 1 N–H and O–H groups in total. The van der Waals surface area contributed by atoms with Gasteiger partial charge in [0.2, 0.25) is 0 Å². The molecule has 104 valence electrons. The van der Waals surface area contributed by atoms with E-state index in [2.05, 4.69) is 4.98 Å². The predicted molar refractivity (Wildman–Crippen MR) is 76.0 cm³/mol. The fourth-order valence-electron chi connectivity index (χ4n) is 1.81. The van der Waals surface area contributed by atoms with Crippen molar-refractivity contribution in [3.63, 3.8) is 0 Å². The van der Waals surface area contributed by atoms with Crippen molar-refractivity contribution < 1.29 is 14.8 Å². The first-order valence-electron chi connectivity index (χ1n) is 5.96. The smallest absolute Gasteiger partial charge is 0.316 e. The minimum atomic E-state index is -0.979. The number of benzene rings is 1. The topological polar surface area (TPSA) is 93.3 Å². The Balaban J connectivity index is 2.60. The molecule has 0 saturated carbocycles. The number of rotatable bonds is 5. The lowest BCUT2D eigenvalue weighted by Crippen LogP contribution is -2.15. The molecule has 1 aromatic heterocycles. The molecule has 0 bridgehead atoms. The van der Waals surface area contributed by atoms with Crippen LogP contribution in [0, 0.1) is 10.1 Å². The molecule has 0 fully saturated rings.